The van der Waals surface area contributed by atoms with Crippen LogP contribution >= 0.6 is 0 Å². The highest BCUT2D eigenvalue weighted by molar-refractivity contribution is 5.76. The summed E-state index contributed by atoms with van der Waals surface area (Å²) in [7, 11) is 1.63. The summed E-state index contributed by atoms with van der Waals surface area (Å²) >= 11 is 0. The van der Waals surface area contributed by atoms with E-state index in [0.29, 0.717) is 19.1 Å². The van der Waals surface area contributed by atoms with E-state index < -0.39 is 0 Å². The average molecular weight is 226 g/mol. The molecule has 2 aliphatic rings. The van der Waals surface area contributed by atoms with Gasteiger partial charge in [0.05, 0.1) is 6.61 Å². The summed E-state index contributed by atoms with van der Waals surface area (Å²) < 4.78 is 4.90. The quantitative estimate of drug-likeness (QED) is 0.735. The molecule has 1 heterocycles. The van der Waals surface area contributed by atoms with Crippen molar-refractivity contribution in [1.82, 2.24) is 10.6 Å². The second-order valence-corrected chi connectivity index (χ2v) is 5.00. The van der Waals surface area contributed by atoms with Crippen LogP contribution in [0.4, 0.5) is 0 Å². The highest BCUT2D eigenvalue weighted by atomic mass is 16.5. The Kier molecular flexibility index (Phi) is 4.18. The molecule has 2 fully saturated rings. The molecule has 0 spiro atoms. The standard InChI is InChI=1S/C12H22N2O2/c1-16-5-4-12(15)14-11-3-2-9-7-13-8-10(9)6-11/h9-11,13H,2-8H2,1H3,(H,14,15)/t9-,10+,11?/m0/s1. The van der Waals surface area contributed by atoms with E-state index in [4.69, 9.17) is 4.74 Å². The lowest BCUT2D eigenvalue weighted by atomic mass is 9.79. The van der Waals surface area contributed by atoms with Crippen molar-refractivity contribution in [3.8, 4) is 0 Å². The third-order valence-corrected chi connectivity index (χ3v) is 3.85. The smallest absolute Gasteiger partial charge is 0.222 e. The van der Waals surface area contributed by atoms with E-state index in [2.05, 4.69) is 10.6 Å². The Morgan fingerprint density at radius 3 is 3.00 bits per heavy atom. The molecular formula is C12H22N2O2. The van der Waals surface area contributed by atoms with Gasteiger partial charge >= 0.3 is 0 Å². The second-order valence-electron chi connectivity index (χ2n) is 5.00. The van der Waals surface area contributed by atoms with Crippen molar-refractivity contribution >= 4 is 5.91 Å². The number of fused-ring (bicyclic) bond motifs is 1. The Labute approximate surface area is 97.1 Å². The molecular weight excluding hydrogens is 204 g/mol. The number of ether oxygens (including phenoxy) is 1. The zero-order chi connectivity index (χ0) is 11.4. The van der Waals surface area contributed by atoms with E-state index in [9.17, 15) is 4.79 Å². The summed E-state index contributed by atoms with van der Waals surface area (Å²) in [6, 6.07) is 0.394. The molecule has 4 heteroatoms. The Morgan fingerprint density at radius 2 is 2.19 bits per heavy atom. The Balaban J connectivity index is 1.72. The molecule has 16 heavy (non-hydrogen) atoms. The van der Waals surface area contributed by atoms with Crippen LogP contribution in [0.25, 0.3) is 0 Å². The molecule has 0 aromatic rings. The molecule has 0 bridgehead atoms. The van der Waals surface area contributed by atoms with Gasteiger partial charge in [-0.3, -0.25) is 4.79 Å². The first kappa shape index (κ1) is 11.9. The largest absolute Gasteiger partial charge is 0.384 e. The molecule has 2 N–H and O–H groups in total. The third kappa shape index (κ3) is 2.95. The number of hydrogen-bond acceptors (Lipinski definition) is 3. The Bertz CT molecular complexity index is 245. The van der Waals surface area contributed by atoms with Crippen molar-refractivity contribution < 1.29 is 9.53 Å². The minimum atomic E-state index is 0.135. The lowest BCUT2D eigenvalue weighted by Crippen LogP contribution is -2.40. The van der Waals surface area contributed by atoms with Gasteiger partial charge in [0.25, 0.3) is 0 Å². The SMILES string of the molecule is COCCC(=O)NC1CC[C@H]2CNC[C@H]2C1. The number of nitrogens with one attached hydrogen (secondary N) is 2. The van der Waals surface area contributed by atoms with Gasteiger partial charge in [0.15, 0.2) is 0 Å². The Hall–Kier alpha value is -0.610. The van der Waals surface area contributed by atoms with Crippen molar-refractivity contribution in [1.29, 1.82) is 0 Å². The van der Waals surface area contributed by atoms with Gasteiger partial charge in [0.2, 0.25) is 5.91 Å². The zero-order valence-corrected chi connectivity index (χ0v) is 10.00. The van der Waals surface area contributed by atoms with Crippen molar-refractivity contribution in [2.75, 3.05) is 26.8 Å². The predicted molar refractivity (Wildman–Crippen MR) is 62.1 cm³/mol. The first-order chi connectivity index (χ1) is 7.79. The van der Waals surface area contributed by atoms with Crippen LogP contribution < -0.4 is 10.6 Å². The van der Waals surface area contributed by atoms with E-state index in [0.717, 1.165) is 31.2 Å². The number of carbonyl (C=O) groups excluding carboxylic acids is 1. The molecule has 92 valence electrons. The third-order valence-electron chi connectivity index (χ3n) is 3.85. The van der Waals surface area contributed by atoms with Gasteiger partial charge in [0.1, 0.15) is 0 Å². The number of hydrogen-bond donors (Lipinski definition) is 2. The lowest BCUT2D eigenvalue weighted by Gasteiger charge is -2.31. The summed E-state index contributed by atoms with van der Waals surface area (Å²) in [5, 5.41) is 6.56. The molecule has 1 unspecified atom stereocenters. The van der Waals surface area contributed by atoms with Gasteiger partial charge in [-0.1, -0.05) is 0 Å². The fourth-order valence-corrected chi connectivity index (χ4v) is 2.93. The molecule has 0 aromatic carbocycles. The van der Waals surface area contributed by atoms with E-state index in [1.165, 1.54) is 13.0 Å². The number of methoxy groups -OCH3 is 1. The molecule has 3 atom stereocenters. The molecule has 4 nitrogen and oxygen atoms in total. The normalized spacial score (nSPS) is 33.4. The van der Waals surface area contributed by atoms with Crippen molar-refractivity contribution in [2.45, 2.75) is 31.7 Å². The molecule has 1 saturated carbocycles. The highest BCUT2D eigenvalue weighted by Gasteiger charge is 2.33. The zero-order valence-electron chi connectivity index (χ0n) is 10.00. The van der Waals surface area contributed by atoms with E-state index in [1.54, 1.807) is 7.11 Å². The number of carbonyl (C=O) groups is 1. The summed E-state index contributed by atoms with van der Waals surface area (Å²) in [6.07, 6.45) is 4.03. The topological polar surface area (TPSA) is 50.4 Å². The maximum atomic E-state index is 11.6. The predicted octanol–water partition coefficient (Wildman–Crippen LogP) is 0.527. The molecule has 0 aromatic heterocycles. The molecule has 1 aliphatic heterocycles. The van der Waals surface area contributed by atoms with Gasteiger partial charge < -0.3 is 15.4 Å². The van der Waals surface area contributed by atoms with Gasteiger partial charge in [-0.25, -0.2) is 0 Å². The van der Waals surface area contributed by atoms with E-state index >= 15 is 0 Å². The molecule has 1 saturated heterocycles. The van der Waals surface area contributed by atoms with Crippen LogP contribution in [0.5, 0.6) is 0 Å². The van der Waals surface area contributed by atoms with Crippen molar-refractivity contribution in [3.05, 3.63) is 0 Å². The monoisotopic (exact) mass is 226 g/mol. The molecule has 1 aliphatic carbocycles. The van der Waals surface area contributed by atoms with Gasteiger partial charge in [-0.05, 0) is 44.2 Å². The fraction of sp³-hybridized carbons (Fsp3) is 0.917. The lowest BCUT2D eigenvalue weighted by molar-refractivity contribution is -0.123. The first-order valence-electron chi connectivity index (χ1n) is 6.28. The molecule has 2 rings (SSSR count). The Morgan fingerprint density at radius 1 is 1.38 bits per heavy atom. The van der Waals surface area contributed by atoms with E-state index in [-0.39, 0.29) is 5.91 Å². The average Bonchev–Trinajstić information content (AvgIpc) is 2.73. The van der Waals surface area contributed by atoms with Crippen LogP contribution in [-0.2, 0) is 9.53 Å². The number of rotatable bonds is 4. The molecule has 0 radical (unpaired) electrons. The van der Waals surface area contributed by atoms with Crippen LogP contribution in [0.1, 0.15) is 25.7 Å². The van der Waals surface area contributed by atoms with Gasteiger partial charge in [-0.2, -0.15) is 0 Å². The van der Waals surface area contributed by atoms with Crippen molar-refractivity contribution in [3.63, 3.8) is 0 Å². The number of amides is 1. The summed E-state index contributed by atoms with van der Waals surface area (Å²) in [5.74, 6) is 1.77. The molecule has 1 amide bonds. The van der Waals surface area contributed by atoms with Crippen LogP contribution in [0.15, 0.2) is 0 Å². The summed E-state index contributed by atoms with van der Waals surface area (Å²) in [6.45, 7) is 2.83. The second kappa shape index (κ2) is 5.64. The van der Waals surface area contributed by atoms with Crippen molar-refractivity contribution in [2.24, 2.45) is 11.8 Å². The fourth-order valence-electron chi connectivity index (χ4n) is 2.93. The minimum absolute atomic E-state index is 0.135. The first-order valence-corrected chi connectivity index (χ1v) is 6.28. The van der Waals surface area contributed by atoms with Gasteiger partial charge in [0, 0.05) is 19.6 Å². The van der Waals surface area contributed by atoms with Crippen LogP contribution in [-0.4, -0.2) is 38.8 Å². The maximum absolute atomic E-state index is 11.6. The van der Waals surface area contributed by atoms with Gasteiger partial charge in [-0.15, -0.1) is 0 Å². The highest BCUT2D eigenvalue weighted by Crippen LogP contribution is 2.32. The summed E-state index contributed by atoms with van der Waals surface area (Å²) in [4.78, 5) is 11.6. The summed E-state index contributed by atoms with van der Waals surface area (Å²) in [5.41, 5.74) is 0. The van der Waals surface area contributed by atoms with Crippen LogP contribution in [0, 0.1) is 11.8 Å². The van der Waals surface area contributed by atoms with E-state index in [1.807, 2.05) is 0 Å². The minimum Gasteiger partial charge on any atom is -0.384 e. The maximum Gasteiger partial charge on any atom is 0.222 e. The van der Waals surface area contributed by atoms with Crippen LogP contribution in [0.2, 0.25) is 0 Å². The van der Waals surface area contributed by atoms with Crippen LogP contribution in [0.3, 0.4) is 0 Å².